The number of ether oxygens (including phenoxy) is 1. The fraction of sp³-hybridized carbons (Fsp3) is 0.188. The summed E-state index contributed by atoms with van der Waals surface area (Å²) in [4.78, 5) is 12.3. The van der Waals surface area contributed by atoms with Crippen molar-refractivity contribution in [3.63, 3.8) is 0 Å². The van der Waals surface area contributed by atoms with Crippen molar-refractivity contribution in [2.75, 3.05) is 7.11 Å². The molecule has 0 N–H and O–H groups in total. The Hall–Kier alpha value is -1.68. The zero-order chi connectivity index (χ0) is 14.7. The Bertz CT molecular complexity index is 633. The lowest BCUT2D eigenvalue weighted by molar-refractivity contribution is 0.0987. The number of Topliss-reactive ketones (excluding diaryl/α,β-unsaturated/α-hetero) is 1. The van der Waals surface area contributed by atoms with E-state index in [1.807, 2.05) is 25.1 Å². The lowest BCUT2D eigenvalue weighted by Crippen LogP contribution is -2.08. The molecule has 0 aliphatic carbocycles. The second-order valence-corrected chi connectivity index (χ2v) is 5.37. The molecular formula is C16H14BrFO2. The van der Waals surface area contributed by atoms with Crippen molar-refractivity contribution in [2.45, 2.75) is 13.3 Å². The topological polar surface area (TPSA) is 26.3 Å². The molecule has 0 atom stereocenters. The quantitative estimate of drug-likeness (QED) is 0.776. The van der Waals surface area contributed by atoms with Crippen molar-refractivity contribution < 1.29 is 13.9 Å². The highest BCUT2D eigenvalue weighted by atomic mass is 79.9. The molecule has 4 heteroatoms. The van der Waals surface area contributed by atoms with Gasteiger partial charge in [-0.1, -0.05) is 23.8 Å². The summed E-state index contributed by atoms with van der Waals surface area (Å²) in [5.41, 5.74) is 1.87. The molecular weight excluding hydrogens is 323 g/mol. The van der Waals surface area contributed by atoms with E-state index in [0.717, 1.165) is 11.1 Å². The molecule has 0 heterocycles. The van der Waals surface area contributed by atoms with Gasteiger partial charge in [-0.05, 0) is 41.1 Å². The molecule has 0 amide bonds. The molecule has 104 valence electrons. The Kier molecular flexibility index (Phi) is 4.55. The SMILES string of the molecule is COc1ccc(C)cc1CC(=O)c1c(F)cccc1Br. The molecule has 0 bridgehead atoms. The smallest absolute Gasteiger partial charge is 0.171 e. The van der Waals surface area contributed by atoms with Gasteiger partial charge in [-0.25, -0.2) is 4.39 Å². The highest BCUT2D eigenvalue weighted by molar-refractivity contribution is 9.10. The van der Waals surface area contributed by atoms with Gasteiger partial charge in [-0.3, -0.25) is 4.79 Å². The second kappa shape index (κ2) is 6.18. The molecule has 0 aliphatic rings. The molecule has 0 fully saturated rings. The summed E-state index contributed by atoms with van der Waals surface area (Å²) < 4.78 is 19.5. The van der Waals surface area contributed by atoms with Crippen LogP contribution in [-0.4, -0.2) is 12.9 Å². The zero-order valence-corrected chi connectivity index (χ0v) is 12.8. The van der Waals surface area contributed by atoms with Crippen molar-refractivity contribution in [2.24, 2.45) is 0 Å². The predicted octanol–water partition coefficient (Wildman–Crippen LogP) is 4.33. The van der Waals surface area contributed by atoms with Crippen LogP contribution in [0.25, 0.3) is 0 Å². The van der Waals surface area contributed by atoms with Crippen LogP contribution in [0.3, 0.4) is 0 Å². The van der Waals surface area contributed by atoms with Crippen LogP contribution in [0.5, 0.6) is 5.75 Å². The molecule has 2 rings (SSSR count). The molecule has 0 saturated carbocycles. The largest absolute Gasteiger partial charge is 0.496 e. The van der Waals surface area contributed by atoms with Crippen LogP contribution < -0.4 is 4.74 Å². The lowest BCUT2D eigenvalue weighted by atomic mass is 10.0. The number of benzene rings is 2. The third-order valence-electron chi connectivity index (χ3n) is 3.03. The molecule has 0 spiro atoms. The maximum atomic E-state index is 13.8. The van der Waals surface area contributed by atoms with Gasteiger partial charge in [0.2, 0.25) is 0 Å². The molecule has 20 heavy (non-hydrogen) atoms. The van der Waals surface area contributed by atoms with Crippen LogP contribution in [0.1, 0.15) is 21.5 Å². The van der Waals surface area contributed by atoms with E-state index >= 15 is 0 Å². The van der Waals surface area contributed by atoms with Gasteiger partial charge in [0.25, 0.3) is 0 Å². The number of aryl methyl sites for hydroxylation is 1. The average Bonchev–Trinajstić information content (AvgIpc) is 2.38. The van der Waals surface area contributed by atoms with Crippen molar-refractivity contribution in [3.8, 4) is 5.75 Å². The second-order valence-electron chi connectivity index (χ2n) is 4.51. The number of hydrogen-bond donors (Lipinski definition) is 0. The maximum Gasteiger partial charge on any atom is 0.171 e. The minimum Gasteiger partial charge on any atom is -0.496 e. The molecule has 2 aromatic carbocycles. The first-order chi connectivity index (χ1) is 9.52. The lowest BCUT2D eigenvalue weighted by Gasteiger charge is -2.10. The predicted molar refractivity (Wildman–Crippen MR) is 79.9 cm³/mol. The first-order valence-electron chi connectivity index (χ1n) is 6.13. The van der Waals surface area contributed by atoms with Gasteiger partial charge in [-0.15, -0.1) is 0 Å². The van der Waals surface area contributed by atoms with E-state index in [9.17, 15) is 9.18 Å². The van der Waals surface area contributed by atoms with Crippen LogP contribution in [0.2, 0.25) is 0 Å². The Balaban J connectivity index is 2.35. The number of methoxy groups -OCH3 is 1. The van der Waals surface area contributed by atoms with Crippen LogP contribution >= 0.6 is 15.9 Å². The molecule has 0 aliphatic heterocycles. The van der Waals surface area contributed by atoms with E-state index in [2.05, 4.69) is 15.9 Å². The average molecular weight is 337 g/mol. The van der Waals surface area contributed by atoms with Gasteiger partial charge < -0.3 is 4.74 Å². The van der Waals surface area contributed by atoms with E-state index in [0.29, 0.717) is 10.2 Å². The van der Waals surface area contributed by atoms with Crippen LogP contribution in [0, 0.1) is 12.7 Å². The summed E-state index contributed by atoms with van der Waals surface area (Å²) in [6, 6.07) is 10.1. The third-order valence-corrected chi connectivity index (χ3v) is 3.69. The third kappa shape index (κ3) is 3.07. The van der Waals surface area contributed by atoms with Gasteiger partial charge in [0.1, 0.15) is 11.6 Å². The summed E-state index contributed by atoms with van der Waals surface area (Å²) >= 11 is 3.22. The highest BCUT2D eigenvalue weighted by Gasteiger charge is 2.17. The molecule has 0 aromatic heterocycles. The van der Waals surface area contributed by atoms with Crippen molar-refractivity contribution in [1.82, 2.24) is 0 Å². The van der Waals surface area contributed by atoms with Gasteiger partial charge in [0, 0.05) is 16.5 Å². The van der Waals surface area contributed by atoms with E-state index < -0.39 is 5.82 Å². The number of ketones is 1. The molecule has 0 saturated heterocycles. The highest BCUT2D eigenvalue weighted by Crippen LogP contribution is 2.25. The molecule has 2 nitrogen and oxygen atoms in total. The monoisotopic (exact) mass is 336 g/mol. The van der Waals surface area contributed by atoms with Crippen LogP contribution in [0.15, 0.2) is 40.9 Å². The Morgan fingerprint density at radius 3 is 2.70 bits per heavy atom. The molecule has 0 unspecified atom stereocenters. The van der Waals surface area contributed by atoms with Crippen molar-refractivity contribution in [3.05, 3.63) is 63.4 Å². The summed E-state index contributed by atoms with van der Waals surface area (Å²) in [6.45, 7) is 1.94. The number of carbonyl (C=O) groups is 1. The van der Waals surface area contributed by atoms with E-state index in [-0.39, 0.29) is 17.8 Å². The van der Waals surface area contributed by atoms with Crippen molar-refractivity contribution in [1.29, 1.82) is 0 Å². The normalized spacial score (nSPS) is 10.4. The van der Waals surface area contributed by atoms with Gasteiger partial charge in [-0.2, -0.15) is 0 Å². The van der Waals surface area contributed by atoms with Gasteiger partial charge in [0.05, 0.1) is 12.7 Å². The van der Waals surface area contributed by atoms with Crippen molar-refractivity contribution >= 4 is 21.7 Å². The number of halogens is 2. The van der Waals surface area contributed by atoms with E-state index in [1.54, 1.807) is 19.2 Å². The fourth-order valence-corrected chi connectivity index (χ4v) is 2.63. The number of carbonyl (C=O) groups excluding carboxylic acids is 1. The minimum absolute atomic E-state index is 0.0797. The summed E-state index contributed by atoms with van der Waals surface area (Å²) in [5, 5.41) is 0. The summed E-state index contributed by atoms with van der Waals surface area (Å²) in [5.74, 6) is -0.161. The van der Waals surface area contributed by atoms with Crippen LogP contribution in [-0.2, 0) is 6.42 Å². The van der Waals surface area contributed by atoms with Crippen LogP contribution in [0.4, 0.5) is 4.39 Å². The molecule has 0 radical (unpaired) electrons. The van der Waals surface area contributed by atoms with Gasteiger partial charge in [0.15, 0.2) is 5.78 Å². The number of rotatable bonds is 4. The summed E-state index contributed by atoms with van der Waals surface area (Å²) in [7, 11) is 1.55. The zero-order valence-electron chi connectivity index (χ0n) is 11.2. The fourth-order valence-electron chi connectivity index (χ4n) is 2.07. The molecule has 2 aromatic rings. The summed E-state index contributed by atoms with van der Waals surface area (Å²) in [6.07, 6.45) is 0.102. The van der Waals surface area contributed by atoms with E-state index in [4.69, 9.17) is 4.74 Å². The van der Waals surface area contributed by atoms with Gasteiger partial charge >= 0.3 is 0 Å². The Morgan fingerprint density at radius 1 is 1.30 bits per heavy atom. The first kappa shape index (κ1) is 14.7. The standard InChI is InChI=1S/C16H14BrFO2/c1-10-6-7-15(20-2)11(8-10)9-14(19)16-12(17)4-3-5-13(16)18/h3-8H,9H2,1-2H3. The number of hydrogen-bond acceptors (Lipinski definition) is 2. The first-order valence-corrected chi connectivity index (χ1v) is 6.93. The maximum absolute atomic E-state index is 13.8. The Morgan fingerprint density at radius 2 is 2.05 bits per heavy atom. The Labute approximate surface area is 125 Å². The van der Waals surface area contributed by atoms with E-state index in [1.165, 1.54) is 6.07 Å². The minimum atomic E-state index is -0.518.